The summed E-state index contributed by atoms with van der Waals surface area (Å²) in [6, 6.07) is 19.7. The smallest absolute Gasteiger partial charge is 0.256 e. The number of hydrogen-bond acceptors (Lipinski definition) is 4. The zero-order valence-corrected chi connectivity index (χ0v) is 16.7. The van der Waals surface area contributed by atoms with Crippen LogP contribution in [0.1, 0.15) is 22.2 Å². The molecule has 1 saturated heterocycles. The van der Waals surface area contributed by atoms with Gasteiger partial charge in [0, 0.05) is 35.5 Å². The molecule has 4 aromatic rings. The highest BCUT2D eigenvalue weighted by Crippen LogP contribution is 2.27. The molecule has 31 heavy (non-hydrogen) atoms. The number of nitrogens with zero attached hydrogens (tertiary/aromatic N) is 3. The van der Waals surface area contributed by atoms with Gasteiger partial charge in [-0.15, -0.1) is 0 Å². The van der Waals surface area contributed by atoms with Gasteiger partial charge in [0.05, 0.1) is 29.9 Å². The first-order valence-electron chi connectivity index (χ1n) is 10.2. The van der Waals surface area contributed by atoms with Gasteiger partial charge in [-0.1, -0.05) is 42.5 Å². The molecule has 0 radical (unpaired) electrons. The average Bonchev–Trinajstić information content (AvgIpc) is 2.84. The van der Waals surface area contributed by atoms with Crippen molar-refractivity contribution < 1.29 is 13.9 Å². The van der Waals surface area contributed by atoms with E-state index in [0.717, 1.165) is 5.39 Å². The molecule has 1 fully saturated rings. The SMILES string of the molecule is O=C(c1cccc2cccnc12)N1CCO[C@H](c2ccc(-c3ccccc3F)cn2)C1. The van der Waals surface area contributed by atoms with Crippen LogP contribution < -0.4 is 0 Å². The second kappa shape index (κ2) is 8.24. The lowest BCUT2D eigenvalue weighted by atomic mass is 10.1. The van der Waals surface area contributed by atoms with E-state index in [0.29, 0.717) is 47.6 Å². The minimum atomic E-state index is -0.338. The molecule has 1 aliphatic heterocycles. The van der Waals surface area contributed by atoms with Gasteiger partial charge in [-0.2, -0.15) is 0 Å². The summed E-state index contributed by atoms with van der Waals surface area (Å²) >= 11 is 0. The van der Waals surface area contributed by atoms with E-state index in [4.69, 9.17) is 4.74 Å². The first-order chi connectivity index (χ1) is 15.2. The third-order valence-electron chi connectivity index (χ3n) is 5.52. The summed E-state index contributed by atoms with van der Waals surface area (Å²) < 4.78 is 19.9. The molecule has 1 aliphatic rings. The van der Waals surface area contributed by atoms with E-state index in [1.165, 1.54) is 6.07 Å². The number of morpholine rings is 1. The van der Waals surface area contributed by atoms with Crippen molar-refractivity contribution in [2.24, 2.45) is 0 Å². The van der Waals surface area contributed by atoms with Gasteiger partial charge < -0.3 is 9.64 Å². The van der Waals surface area contributed by atoms with Crippen LogP contribution >= 0.6 is 0 Å². The predicted octanol–water partition coefficient (Wildman–Crippen LogP) is 4.65. The summed E-state index contributed by atoms with van der Waals surface area (Å²) in [4.78, 5) is 23.9. The fourth-order valence-corrected chi connectivity index (χ4v) is 3.91. The Bertz CT molecular complexity index is 1240. The Kier molecular flexibility index (Phi) is 5.14. The topological polar surface area (TPSA) is 55.3 Å². The van der Waals surface area contributed by atoms with Crippen LogP contribution in [0.3, 0.4) is 0 Å². The number of ether oxygens (including phenoxy) is 1. The van der Waals surface area contributed by atoms with Crippen LogP contribution in [-0.2, 0) is 4.74 Å². The van der Waals surface area contributed by atoms with Gasteiger partial charge in [-0.3, -0.25) is 14.8 Å². The van der Waals surface area contributed by atoms with Gasteiger partial charge >= 0.3 is 0 Å². The molecular weight excluding hydrogens is 393 g/mol. The number of carbonyl (C=O) groups excluding carboxylic acids is 1. The van der Waals surface area contributed by atoms with Crippen LogP contribution in [0.4, 0.5) is 4.39 Å². The lowest BCUT2D eigenvalue weighted by Gasteiger charge is -2.33. The number of halogens is 1. The average molecular weight is 413 g/mol. The van der Waals surface area contributed by atoms with E-state index >= 15 is 0 Å². The van der Waals surface area contributed by atoms with Crippen LogP contribution in [0.15, 0.2) is 79.1 Å². The molecule has 1 amide bonds. The second-order valence-corrected chi connectivity index (χ2v) is 7.44. The number of hydrogen-bond donors (Lipinski definition) is 0. The number of aromatic nitrogens is 2. The van der Waals surface area contributed by atoms with E-state index < -0.39 is 0 Å². The fourth-order valence-electron chi connectivity index (χ4n) is 3.91. The zero-order valence-electron chi connectivity index (χ0n) is 16.7. The molecule has 3 heterocycles. The normalized spacial score (nSPS) is 16.4. The minimum absolute atomic E-state index is 0.0689. The molecule has 1 atom stereocenters. The number of benzene rings is 2. The standard InChI is InChI=1S/C25H20FN3O2/c26-21-9-2-1-7-19(21)18-10-11-22(28-15-18)23-16-29(13-14-31-23)25(30)20-8-3-5-17-6-4-12-27-24(17)20/h1-12,15,23H,13-14,16H2/t23-/m0/s1. The molecule has 0 spiro atoms. The van der Waals surface area contributed by atoms with Crippen LogP contribution in [0.25, 0.3) is 22.0 Å². The number of fused-ring (bicyclic) bond motifs is 1. The number of carbonyl (C=O) groups is 1. The molecule has 0 aliphatic carbocycles. The van der Waals surface area contributed by atoms with E-state index in [2.05, 4.69) is 9.97 Å². The molecule has 2 aromatic heterocycles. The maximum atomic E-state index is 14.0. The molecule has 2 aromatic carbocycles. The minimum Gasteiger partial charge on any atom is -0.368 e. The number of rotatable bonds is 3. The molecule has 5 nitrogen and oxygen atoms in total. The number of amides is 1. The van der Waals surface area contributed by atoms with Gasteiger partial charge in [0.25, 0.3) is 5.91 Å². The van der Waals surface area contributed by atoms with Crippen molar-refractivity contribution in [1.82, 2.24) is 14.9 Å². The highest BCUT2D eigenvalue weighted by atomic mass is 19.1. The fraction of sp³-hybridized carbons (Fsp3) is 0.160. The first-order valence-corrected chi connectivity index (χ1v) is 10.2. The van der Waals surface area contributed by atoms with E-state index in [-0.39, 0.29) is 17.8 Å². The second-order valence-electron chi connectivity index (χ2n) is 7.44. The third kappa shape index (κ3) is 3.78. The molecular formula is C25H20FN3O2. The molecule has 0 N–H and O–H groups in total. The maximum Gasteiger partial charge on any atom is 0.256 e. The van der Waals surface area contributed by atoms with Crippen LogP contribution in [-0.4, -0.2) is 40.5 Å². The Morgan fingerprint density at radius 1 is 1.00 bits per heavy atom. The largest absolute Gasteiger partial charge is 0.368 e. The summed E-state index contributed by atoms with van der Waals surface area (Å²) in [6.45, 7) is 1.32. The Morgan fingerprint density at radius 2 is 1.87 bits per heavy atom. The van der Waals surface area contributed by atoms with Crippen LogP contribution in [0.2, 0.25) is 0 Å². The van der Waals surface area contributed by atoms with Gasteiger partial charge in [-0.05, 0) is 24.3 Å². The van der Waals surface area contributed by atoms with Crippen molar-refractivity contribution in [3.05, 3.63) is 96.2 Å². The van der Waals surface area contributed by atoms with Gasteiger partial charge in [-0.25, -0.2) is 4.39 Å². The lowest BCUT2D eigenvalue weighted by molar-refractivity contribution is -0.0246. The van der Waals surface area contributed by atoms with Crippen molar-refractivity contribution in [3.63, 3.8) is 0 Å². The quantitative estimate of drug-likeness (QED) is 0.491. The summed E-state index contributed by atoms with van der Waals surface area (Å²) in [5, 5.41) is 0.934. The number of pyridine rings is 2. The van der Waals surface area contributed by atoms with Crippen molar-refractivity contribution in [2.45, 2.75) is 6.10 Å². The van der Waals surface area contributed by atoms with E-state index in [1.54, 1.807) is 35.5 Å². The summed E-state index contributed by atoms with van der Waals surface area (Å²) in [5.74, 6) is -0.355. The van der Waals surface area contributed by atoms with E-state index in [1.807, 2.05) is 42.5 Å². The molecule has 6 heteroatoms. The summed E-state index contributed by atoms with van der Waals surface area (Å²) in [6.07, 6.45) is 3.00. The lowest BCUT2D eigenvalue weighted by Crippen LogP contribution is -2.42. The van der Waals surface area contributed by atoms with Crippen LogP contribution in [0, 0.1) is 5.82 Å². The molecule has 5 rings (SSSR count). The molecule has 154 valence electrons. The Morgan fingerprint density at radius 3 is 2.71 bits per heavy atom. The molecule has 0 bridgehead atoms. The highest BCUT2D eigenvalue weighted by Gasteiger charge is 2.28. The van der Waals surface area contributed by atoms with Gasteiger partial charge in [0.2, 0.25) is 0 Å². The van der Waals surface area contributed by atoms with Crippen molar-refractivity contribution in [1.29, 1.82) is 0 Å². The van der Waals surface area contributed by atoms with Crippen molar-refractivity contribution in [2.75, 3.05) is 19.7 Å². The summed E-state index contributed by atoms with van der Waals surface area (Å²) in [7, 11) is 0. The number of para-hydroxylation sites is 1. The van der Waals surface area contributed by atoms with Crippen LogP contribution in [0.5, 0.6) is 0 Å². The van der Waals surface area contributed by atoms with Gasteiger partial charge in [0.15, 0.2) is 0 Å². The molecule has 0 saturated carbocycles. The third-order valence-corrected chi connectivity index (χ3v) is 5.52. The van der Waals surface area contributed by atoms with Crippen molar-refractivity contribution in [3.8, 4) is 11.1 Å². The highest BCUT2D eigenvalue weighted by molar-refractivity contribution is 6.05. The first kappa shape index (κ1) is 19.3. The molecule has 0 unspecified atom stereocenters. The monoisotopic (exact) mass is 413 g/mol. The Balaban J connectivity index is 1.37. The zero-order chi connectivity index (χ0) is 21.2. The summed E-state index contributed by atoms with van der Waals surface area (Å²) in [5.41, 5.74) is 3.21. The predicted molar refractivity (Wildman–Crippen MR) is 116 cm³/mol. The maximum absolute atomic E-state index is 14.0. The van der Waals surface area contributed by atoms with Gasteiger partial charge in [0.1, 0.15) is 11.9 Å². The Hall–Kier alpha value is -3.64. The Labute approximate surface area is 179 Å². The van der Waals surface area contributed by atoms with E-state index in [9.17, 15) is 9.18 Å². The van der Waals surface area contributed by atoms with Crippen molar-refractivity contribution >= 4 is 16.8 Å².